The van der Waals surface area contributed by atoms with Crippen LogP contribution in [-0.2, 0) is 9.59 Å². The van der Waals surface area contributed by atoms with Crippen molar-refractivity contribution in [2.75, 3.05) is 37.4 Å². The first-order valence-corrected chi connectivity index (χ1v) is 9.64. The zero-order valence-corrected chi connectivity index (χ0v) is 16.5. The maximum atomic E-state index is 12.5. The van der Waals surface area contributed by atoms with Crippen LogP contribution in [0.25, 0.3) is 0 Å². The molecule has 28 heavy (non-hydrogen) atoms. The van der Waals surface area contributed by atoms with Crippen molar-refractivity contribution in [3.05, 3.63) is 53.6 Å². The first-order chi connectivity index (χ1) is 13.5. The molecule has 0 bridgehead atoms. The van der Waals surface area contributed by atoms with Gasteiger partial charge in [-0.1, -0.05) is 29.8 Å². The Morgan fingerprint density at radius 3 is 2.64 bits per heavy atom. The number of rotatable bonds is 6. The second-order valence-corrected chi connectivity index (χ2v) is 7.23. The molecular formula is C21H24ClN3O3. The molecular weight excluding hydrogens is 378 g/mol. The third-order valence-corrected chi connectivity index (χ3v) is 5.02. The summed E-state index contributed by atoms with van der Waals surface area (Å²) >= 11 is 6.09. The molecule has 3 rings (SSSR count). The molecule has 1 aliphatic heterocycles. The van der Waals surface area contributed by atoms with Crippen molar-refractivity contribution in [3.8, 4) is 5.75 Å². The van der Waals surface area contributed by atoms with Crippen molar-refractivity contribution in [2.24, 2.45) is 5.92 Å². The number of carbonyl (C=O) groups excluding carboxylic acids is 2. The summed E-state index contributed by atoms with van der Waals surface area (Å²) in [5, 5.41) is 6.23. The highest BCUT2D eigenvalue weighted by molar-refractivity contribution is 6.32. The molecule has 6 nitrogen and oxygen atoms in total. The van der Waals surface area contributed by atoms with Crippen LogP contribution in [0.15, 0.2) is 48.5 Å². The van der Waals surface area contributed by atoms with Gasteiger partial charge in [-0.15, -0.1) is 0 Å². The number of hydrogen-bond acceptors (Lipinski definition) is 4. The van der Waals surface area contributed by atoms with Gasteiger partial charge in [-0.2, -0.15) is 0 Å². The number of amides is 2. The molecule has 1 fully saturated rings. The number of likely N-dealkylation sites (tertiary alicyclic amines) is 1. The number of hydrogen-bond donors (Lipinski definition) is 2. The van der Waals surface area contributed by atoms with Gasteiger partial charge < -0.3 is 15.4 Å². The van der Waals surface area contributed by atoms with Crippen LogP contribution >= 0.6 is 11.6 Å². The summed E-state index contributed by atoms with van der Waals surface area (Å²) in [5.74, 6) is 0.295. The fourth-order valence-corrected chi connectivity index (χ4v) is 3.58. The lowest BCUT2D eigenvalue weighted by molar-refractivity contribution is -0.123. The SMILES string of the molecule is COc1ccc(NC(=O)CN2CCCC(C(=O)Nc3ccccc3)C2)cc1Cl. The average molecular weight is 402 g/mol. The summed E-state index contributed by atoms with van der Waals surface area (Å²) in [5.41, 5.74) is 1.41. The van der Waals surface area contributed by atoms with E-state index < -0.39 is 0 Å². The van der Waals surface area contributed by atoms with Gasteiger partial charge in [0.25, 0.3) is 0 Å². The molecule has 2 amide bonds. The molecule has 0 saturated carbocycles. The van der Waals surface area contributed by atoms with Crippen molar-refractivity contribution in [3.63, 3.8) is 0 Å². The molecule has 2 N–H and O–H groups in total. The number of methoxy groups -OCH3 is 1. The minimum Gasteiger partial charge on any atom is -0.495 e. The summed E-state index contributed by atoms with van der Waals surface area (Å²) in [7, 11) is 1.54. The van der Waals surface area contributed by atoms with Crippen LogP contribution in [0.2, 0.25) is 5.02 Å². The van der Waals surface area contributed by atoms with E-state index in [4.69, 9.17) is 16.3 Å². The standard InChI is InChI=1S/C21H24ClN3O3/c1-28-19-10-9-17(12-18(19)22)23-20(26)14-25-11-5-6-15(13-25)21(27)24-16-7-3-2-4-8-16/h2-4,7-10,12,15H,5-6,11,13-14H2,1H3,(H,23,26)(H,24,27). The van der Waals surface area contributed by atoms with Crippen LogP contribution in [0.4, 0.5) is 11.4 Å². The molecule has 0 aromatic heterocycles. The normalized spacial score (nSPS) is 17.0. The zero-order valence-electron chi connectivity index (χ0n) is 15.8. The van der Waals surface area contributed by atoms with Crippen molar-refractivity contribution in [1.29, 1.82) is 0 Å². The molecule has 0 aliphatic carbocycles. The van der Waals surface area contributed by atoms with Gasteiger partial charge in [0.15, 0.2) is 0 Å². The molecule has 1 atom stereocenters. The number of nitrogens with one attached hydrogen (secondary N) is 2. The molecule has 148 valence electrons. The molecule has 7 heteroatoms. The number of piperidine rings is 1. The van der Waals surface area contributed by atoms with Gasteiger partial charge in [-0.3, -0.25) is 14.5 Å². The van der Waals surface area contributed by atoms with E-state index in [2.05, 4.69) is 10.6 Å². The minimum atomic E-state index is -0.134. The Kier molecular flexibility index (Phi) is 6.90. The van der Waals surface area contributed by atoms with Gasteiger partial charge in [0.1, 0.15) is 5.75 Å². The Hall–Kier alpha value is -2.57. The number of benzene rings is 2. The zero-order chi connectivity index (χ0) is 19.9. The highest BCUT2D eigenvalue weighted by Crippen LogP contribution is 2.27. The van der Waals surface area contributed by atoms with E-state index in [1.165, 1.54) is 0 Å². The first-order valence-electron chi connectivity index (χ1n) is 9.27. The largest absolute Gasteiger partial charge is 0.495 e. The summed E-state index contributed by atoms with van der Waals surface area (Å²) in [6, 6.07) is 14.5. The number of anilines is 2. The lowest BCUT2D eigenvalue weighted by atomic mass is 9.97. The molecule has 2 aromatic carbocycles. The second kappa shape index (κ2) is 9.57. The third kappa shape index (κ3) is 5.47. The van der Waals surface area contributed by atoms with Crippen LogP contribution < -0.4 is 15.4 Å². The first kappa shape index (κ1) is 20.2. The van der Waals surface area contributed by atoms with E-state index >= 15 is 0 Å². The minimum absolute atomic E-state index is 0.00163. The summed E-state index contributed by atoms with van der Waals surface area (Å²) in [6.07, 6.45) is 1.71. The lowest BCUT2D eigenvalue weighted by Crippen LogP contribution is -2.43. The van der Waals surface area contributed by atoms with Crippen LogP contribution in [0.3, 0.4) is 0 Å². The molecule has 2 aromatic rings. The number of para-hydroxylation sites is 1. The predicted octanol–water partition coefficient (Wildman–Crippen LogP) is 3.64. The van der Waals surface area contributed by atoms with E-state index in [-0.39, 0.29) is 24.3 Å². The number of carbonyl (C=O) groups is 2. The summed E-state index contributed by atoms with van der Waals surface area (Å²) < 4.78 is 5.11. The maximum Gasteiger partial charge on any atom is 0.238 e. The molecule has 0 spiro atoms. The Balaban J connectivity index is 1.52. The van der Waals surface area contributed by atoms with E-state index in [0.717, 1.165) is 25.1 Å². The summed E-state index contributed by atoms with van der Waals surface area (Å²) in [4.78, 5) is 26.9. The summed E-state index contributed by atoms with van der Waals surface area (Å²) in [6.45, 7) is 1.60. The van der Waals surface area contributed by atoms with Crippen LogP contribution in [0.5, 0.6) is 5.75 Å². The average Bonchev–Trinajstić information content (AvgIpc) is 2.69. The van der Waals surface area contributed by atoms with Gasteiger partial charge in [0.2, 0.25) is 11.8 Å². The fourth-order valence-electron chi connectivity index (χ4n) is 3.33. The van der Waals surface area contributed by atoms with Gasteiger partial charge in [0, 0.05) is 17.9 Å². The Morgan fingerprint density at radius 2 is 1.93 bits per heavy atom. The maximum absolute atomic E-state index is 12.5. The van der Waals surface area contributed by atoms with Gasteiger partial charge in [-0.25, -0.2) is 0 Å². The second-order valence-electron chi connectivity index (χ2n) is 6.83. The Labute approximate surface area is 169 Å². The number of halogens is 1. The van der Waals surface area contributed by atoms with Crippen LogP contribution in [0, 0.1) is 5.92 Å². The lowest BCUT2D eigenvalue weighted by Gasteiger charge is -2.31. The van der Waals surface area contributed by atoms with Crippen molar-refractivity contribution in [1.82, 2.24) is 4.90 Å². The van der Waals surface area contributed by atoms with Crippen molar-refractivity contribution in [2.45, 2.75) is 12.8 Å². The Morgan fingerprint density at radius 1 is 1.14 bits per heavy atom. The quantitative estimate of drug-likeness (QED) is 0.775. The topological polar surface area (TPSA) is 70.7 Å². The van der Waals surface area contributed by atoms with Gasteiger partial charge >= 0.3 is 0 Å². The Bertz CT molecular complexity index is 829. The van der Waals surface area contributed by atoms with E-state index in [0.29, 0.717) is 23.0 Å². The number of nitrogens with zero attached hydrogens (tertiary/aromatic N) is 1. The number of ether oxygens (including phenoxy) is 1. The van der Waals surface area contributed by atoms with Crippen molar-refractivity contribution < 1.29 is 14.3 Å². The predicted molar refractivity (Wildman–Crippen MR) is 111 cm³/mol. The molecule has 1 unspecified atom stereocenters. The smallest absolute Gasteiger partial charge is 0.238 e. The molecule has 1 saturated heterocycles. The van der Waals surface area contributed by atoms with E-state index in [9.17, 15) is 9.59 Å². The van der Waals surface area contributed by atoms with Crippen LogP contribution in [0.1, 0.15) is 12.8 Å². The van der Waals surface area contributed by atoms with E-state index in [1.54, 1.807) is 25.3 Å². The highest BCUT2D eigenvalue weighted by Gasteiger charge is 2.27. The molecule has 1 heterocycles. The highest BCUT2D eigenvalue weighted by atomic mass is 35.5. The monoisotopic (exact) mass is 401 g/mol. The fraction of sp³-hybridized carbons (Fsp3) is 0.333. The van der Waals surface area contributed by atoms with E-state index in [1.807, 2.05) is 35.2 Å². The third-order valence-electron chi connectivity index (χ3n) is 4.72. The van der Waals surface area contributed by atoms with Crippen LogP contribution in [-0.4, -0.2) is 43.5 Å². The van der Waals surface area contributed by atoms with Gasteiger partial charge in [0.05, 0.1) is 24.6 Å². The van der Waals surface area contributed by atoms with Gasteiger partial charge in [-0.05, 0) is 49.7 Å². The molecule has 1 aliphatic rings. The van der Waals surface area contributed by atoms with Crippen molar-refractivity contribution >= 4 is 34.8 Å². The molecule has 0 radical (unpaired) electrons.